The lowest BCUT2D eigenvalue weighted by Crippen LogP contribution is -2.54. The van der Waals surface area contributed by atoms with Gasteiger partial charge in [0, 0.05) is 17.8 Å². The molecule has 104 valence electrons. The van der Waals surface area contributed by atoms with Gasteiger partial charge < -0.3 is 10.0 Å². The summed E-state index contributed by atoms with van der Waals surface area (Å²) in [5.41, 5.74) is 0.732. The minimum absolute atomic E-state index is 0.115. The van der Waals surface area contributed by atoms with Gasteiger partial charge >= 0.3 is 5.97 Å². The molecular formula is C15H20FNO2. The van der Waals surface area contributed by atoms with Crippen molar-refractivity contribution in [3.8, 4) is 0 Å². The molecule has 1 aromatic carbocycles. The van der Waals surface area contributed by atoms with Crippen LogP contribution in [0.4, 0.5) is 10.1 Å². The quantitative estimate of drug-likeness (QED) is 0.911. The molecule has 1 atom stereocenters. The van der Waals surface area contributed by atoms with E-state index >= 15 is 0 Å². The first-order chi connectivity index (χ1) is 8.91. The molecule has 0 bridgehead atoms. The van der Waals surface area contributed by atoms with E-state index in [-0.39, 0.29) is 23.7 Å². The Labute approximate surface area is 113 Å². The van der Waals surface area contributed by atoms with E-state index in [4.69, 9.17) is 5.11 Å². The van der Waals surface area contributed by atoms with Crippen LogP contribution in [0, 0.1) is 11.7 Å². The van der Waals surface area contributed by atoms with E-state index in [1.807, 2.05) is 0 Å². The Balaban J connectivity index is 2.24. The van der Waals surface area contributed by atoms with Gasteiger partial charge in [-0.2, -0.15) is 0 Å². The first-order valence-corrected chi connectivity index (χ1v) is 6.66. The zero-order chi connectivity index (χ0) is 14.0. The maximum Gasteiger partial charge on any atom is 0.303 e. The molecule has 3 nitrogen and oxygen atoms in total. The van der Waals surface area contributed by atoms with Crippen molar-refractivity contribution in [2.75, 3.05) is 11.4 Å². The number of carboxylic acid groups (broad SMARTS) is 1. The number of benzene rings is 1. The third-order valence-corrected chi connectivity index (χ3v) is 4.19. The third-order valence-electron chi connectivity index (χ3n) is 4.19. The minimum atomic E-state index is -0.751. The summed E-state index contributed by atoms with van der Waals surface area (Å²) in [6.07, 6.45) is 2.08. The standard InChI is InChI=1S/C15H20FNO2/c1-15(2)11(10-14(18)19)4-3-9-17(15)13-7-5-12(16)6-8-13/h5-8,11H,3-4,9-10H2,1-2H3,(H,18,19). The fraction of sp³-hybridized carbons (Fsp3) is 0.533. The lowest BCUT2D eigenvalue weighted by Gasteiger charge is -2.49. The van der Waals surface area contributed by atoms with Crippen molar-refractivity contribution in [3.05, 3.63) is 30.1 Å². The van der Waals surface area contributed by atoms with E-state index in [0.29, 0.717) is 0 Å². The molecule has 1 saturated heterocycles. The lowest BCUT2D eigenvalue weighted by molar-refractivity contribution is -0.138. The Kier molecular flexibility index (Phi) is 3.78. The van der Waals surface area contributed by atoms with E-state index in [0.717, 1.165) is 25.1 Å². The van der Waals surface area contributed by atoms with Crippen molar-refractivity contribution in [1.82, 2.24) is 0 Å². The summed E-state index contributed by atoms with van der Waals surface area (Å²) in [6, 6.07) is 6.43. The number of rotatable bonds is 3. The number of halogens is 1. The topological polar surface area (TPSA) is 40.5 Å². The van der Waals surface area contributed by atoms with Crippen molar-refractivity contribution in [2.24, 2.45) is 5.92 Å². The molecule has 1 fully saturated rings. The van der Waals surface area contributed by atoms with Crippen LogP contribution >= 0.6 is 0 Å². The van der Waals surface area contributed by atoms with Gasteiger partial charge in [-0.25, -0.2) is 4.39 Å². The second-order valence-electron chi connectivity index (χ2n) is 5.72. The summed E-state index contributed by atoms with van der Waals surface area (Å²) in [4.78, 5) is 13.2. The highest BCUT2D eigenvalue weighted by molar-refractivity contribution is 5.67. The Morgan fingerprint density at radius 1 is 1.42 bits per heavy atom. The van der Waals surface area contributed by atoms with Gasteiger partial charge in [-0.15, -0.1) is 0 Å². The van der Waals surface area contributed by atoms with Crippen LogP contribution in [0.1, 0.15) is 33.1 Å². The minimum Gasteiger partial charge on any atom is -0.481 e. The molecule has 1 aliphatic rings. The summed E-state index contributed by atoms with van der Waals surface area (Å²) < 4.78 is 13.0. The van der Waals surface area contributed by atoms with Crippen molar-refractivity contribution in [1.29, 1.82) is 0 Å². The van der Waals surface area contributed by atoms with E-state index in [1.54, 1.807) is 12.1 Å². The Morgan fingerprint density at radius 2 is 2.05 bits per heavy atom. The van der Waals surface area contributed by atoms with Crippen molar-refractivity contribution in [3.63, 3.8) is 0 Å². The molecule has 2 rings (SSSR count). The number of piperidine rings is 1. The summed E-state index contributed by atoms with van der Waals surface area (Å²) in [6.45, 7) is 5.03. The SMILES string of the molecule is CC1(C)C(CC(=O)O)CCCN1c1ccc(F)cc1. The summed E-state index contributed by atoms with van der Waals surface area (Å²) in [7, 11) is 0. The maximum absolute atomic E-state index is 13.0. The molecule has 0 saturated carbocycles. The van der Waals surface area contributed by atoms with Gasteiger partial charge in [0.25, 0.3) is 0 Å². The summed E-state index contributed by atoms with van der Waals surface area (Å²) >= 11 is 0. The Morgan fingerprint density at radius 3 is 2.63 bits per heavy atom. The summed E-state index contributed by atoms with van der Waals surface area (Å²) in [5, 5.41) is 9.02. The number of carboxylic acids is 1. The van der Waals surface area contributed by atoms with Crippen LogP contribution in [-0.2, 0) is 4.79 Å². The Bertz CT molecular complexity index is 456. The second kappa shape index (κ2) is 5.19. The molecule has 4 heteroatoms. The molecule has 0 amide bonds. The molecule has 1 aromatic rings. The zero-order valence-electron chi connectivity index (χ0n) is 11.4. The first kappa shape index (κ1) is 13.8. The highest BCUT2D eigenvalue weighted by atomic mass is 19.1. The molecule has 0 aliphatic carbocycles. The molecule has 0 aromatic heterocycles. The van der Waals surface area contributed by atoms with Crippen LogP contribution in [0.5, 0.6) is 0 Å². The molecule has 1 aliphatic heterocycles. The van der Waals surface area contributed by atoms with Crippen LogP contribution in [0.3, 0.4) is 0 Å². The summed E-state index contributed by atoms with van der Waals surface area (Å²) in [5.74, 6) is -0.886. The fourth-order valence-electron chi connectivity index (χ4n) is 3.00. The van der Waals surface area contributed by atoms with Crippen LogP contribution in [0.2, 0.25) is 0 Å². The maximum atomic E-state index is 13.0. The van der Waals surface area contributed by atoms with Gasteiger partial charge in [-0.05, 0) is 56.9 Å². The van der Waals surface area contributed by atoms with Crippen molar-refractivity contribution in [2.45, 2.75) is 38.6 Å². The van der Waals surface area contributed by atoms with Gasteiger partial charge in [0.15, 0.2) is 0 Å². The largest absolute Gasteiger partial charge is 0.481 e. The number of carbonyl (C=O) groups is 1. The molecular weight excluding hydrogens is 245 g/mol. The number of aliphatic carboxylic acids is 1. The van der Waals surface area contributed by atoms with E-state index in [9.17, 15) is 9.18 Å². The van der Waals surface area contributed by atoms with E-state index < -0.39 is 5.97 Å². The second-order valence-corrected chi connectivity index (χ2v) is 5.72. The normalized spacial score (nSPS) is 22.3. The Hall–Kier alpha value is -1.58. The van der Waals surface area contributed by atoms with Crippen LogP contribution in [0.25, 0.3) is 0 Å². The molecule has 0 spiro atoms. The van der Waals surface area contributed by atoms with Crippen LogP contribution in [0.15, 0.2) is 24.3 Å². The van der Waals surface area contributed by atoms with Crippen LogP contribution in [-0.4, -0.2) is 23.2 Å². The number of hydrogen-bond acceptors (Lipinski definition) is 2. The smallest absolute Gasteiger partial charge is 0.303 e. The number of nitrogens with zero attached hydrogens (tertiary/aromatic N) is 1. The predicted octanol–water partition coefficient (Wildman–Crippen LogP) is 3.30. The van der Waals surface area contributed by atoms with E-state index in [2.05, 4.69) is 18.7 Å². The monoisotopic (exact) mass is 265 g/mol. The lowest BCUT2D eigenvalue weighted by atomic mass is 9.77. The molecule has 1 heterocycles. The first-order valence-electron chi connectivity index (χ1n) is 6.66. The van der Waals surface area contributed by atoms with E-state index in [1.165, 1.54) is 12.1 Å². The third kappa shape index (κ3) is 2.88. The zero-order valence-corrected chi connectivity index (χ0v) is 11.4. The van der Waals surface area contributed by atoms with Crippen molar-refractivity contribution < 1.29 is 14.3 Å². The highest BCUT2D eigenvalue weighted by Crippen LogP contribution is 2.38. The number of anilines is 1. The molecule has 19 heavy (non-hydrogen) atoms. The van der Waals surface area contributed by atoms with Gasteiger partial charge in [0.1, 0.15) is 5.82 Å². The number of hydrogen-bond donors (Lipinski definition) is 1. The molecule has 1 unspecified atom stereocenters. The van der Waals surface area contributed by atoms with Gasteiger partial charge in [-0.1, -0.05) is 0 Å². The fourth-order valence-corrected chi connectivity index (χ4v) is 3.00. The van der Waals surface area contributed by atoms with Gasteiger partial charge in [-0.3, -0.25) is 4.79 Å². The molecule has 0 radical (unpaired) electrons. The van der Waals surface area contributed by atoms with Crippen molar-refractivity contribution >= 4 is 11.7 Å². The highest BCUT2D eigenvalue weighted by Gasteiger charge is 2.39. The average molecular weight is 265 g/mol. The predicted molar refractivity (Wildman–Crippen MR) is 72.8 cm³/mol. The average Bonchev–Trinajstić information content (AvgIpc) is 2.33. The molecule has 1 N–H and O–H groups in total. The van der Waals surface area contributed by atoms with Gasteiger partial charge in [0.05, 0.1) is 6.42 Å². The van der Waals surface area contributed by atoms with Gasteiger partial charge in [0.2, 0.25) is 0 Å². The van der Waals surface area contributed by atoms with Crippen LogP contribution < -0.4 is 4.90 Å².